The van der Waals surface area contributed by atoms with Crippen molar-refractivity contribution in [3.63, 3.8) is 0 Å². The van der Waals surface area contributed by atoms with E-state index in [1.807, 2.05) is 25.7 Å². The molecule has 0 saturated heterocycles. The first kappa shape index (κ1) is 16.7. The van der Waals surface area contributed by atoms with Crippen LogP contribution in [0.4, 0.5) is 11.5 Å². The summed E-state index contributed by atoms with van der Waals surface area (Å²) in [4.78, 5) is 16.8. The Hall–Kier alpha value is -1.40. The average molecular weight is 301 g/mol. The van der Waals surface area contributed by atoms with Crippen molar-refractivity contribution < 1.29 is 4.92 Å². The minimum Gasteiger partial charge on any atom is -0.350 e. The van der Waals surface area contributed by atoms with E-state index in [4.69, 9.17) is 17.3 Å². The van der Waals surface area contributed by atoms with Crippen LogP contribution in [0.25, 0.3) is 0 Å². The Bertz CT molecular complexity index is 479. The monoisotopic (exact) mass is 300 g/mol. The minimum atomic E-state index is -0.452. The van der Waals surface area contributed by atoms with Gasteiger partial charge in [-0.15, -0.1) is 0 Å². The molecule has 0 fully saturated rings. The van der Waals surface area contributed by atoms with Crippen molar-refractivity contribution in [3.05, 3.63) is 27.4 Å². The van der Waals surface area contributed by atoms with Crippen molar-refractivity contribution in [2.75, 3.05) is 24.5 Å². The molecular weight excluding hydrogens is 280 g/mol. The van der Waals surface area contributed by atoms with E-state index in [1.54, 1.807) is 0 Å². The first-order valence-corrected chi connectivity index (χ1v) is 6.93. The largest absolute Gasteiger partial charge is 0.350 e. The van der Waals surface area contributed by atoms with Crippen LogP contribution in [0.15, 0.2) is 12.3 Å². The zero-order chi connectivity index (χ0) is 15.3. The number of hydrogen-bond acceptors (Lipinski definition) is 5. The molecule has 0 aliphatic heterocycles. The fourth-order valence-electron chi connectivity index (χ4n) is 1.91. The fourth-order valence-corrected chi connectivity index (χ4v) is 2.06. The second kappa shape index (κ2) is 6.85. The van der Waals surface area contributed by atoms with E-state index in [0.29, 0.717) is 25.5 Å². The Labute approximate surface area is 124 Å². The molecule has 1 aromatic rings. The van der Waals surface area contributed by atoms with Crippen LogP contribution < -0.4 is 10.6 Å². The van der Waals surface area contributed by atoms with Gasteiger partial charge >= 0.3 is 5.69 Å². The van der Waals surface area contributed by atoms with Gasteiger partial charge in [0.25, 0.3) is 0 Å². The van der Waals surface area contributed by atoms with Gasteiger partial charge in [0.2, 0.25) is 5.82 Å². The summed E-state index contributed by atoms with van der Waals surface area (Å²) in [7, 11) is 0. The van der Waals surface area contributed by atoms with E-state index in [1.165, 1.54) is 12.3 Å². The Morgan fingerprint density at radius 3 is 2.70 bits per heavy atom. The van der Waals surface area contributed by atoms with E-state index in [0.717, 1.165) is 6.42 Å². The maximum Gasteiger partial charge on any atom is 0.313 e. The van der Waals surface area contributed by atoms with Crippen molar-refractivity contribution >= 4 is 23.1 Å². The Kier molecular flexibility index (Phi) is 5.71. The molecule has 1 rings (SSSR count). The number of nitro groups is 1. The van der Waals surface area contributed by atoms with Crippen LogP contribution >= 0.6 is 11.6 Å². The molecule has 0 aliphatic rings. The van der Waals surface area contributed by atoms with Crippen LogP contribution in [0, 0.1) is 15.5 Å². The lowest BCUT2D eigenvalue weighted by atomic mass is 9.93. The summed E-state index contributed by atoms with van der Waals surface area (Å²) in [6.45, 7) is 7.85. The summed E-state index contributed by atoms with van der Waals surface area (Å²) in [5, 5.41) is 11.4. The maximum absolute atomic E-state index is 11.2. The van der Waals surface area contributed by atoms with Crippen molar-refractivity contribution in [3.8, 4) is 0 Å². The smallest absolute Gasteiger partial charge is 0.313 e. The molecule has 20 heavy (non-hydrogen) atoms. The maximum atomic E-state index is 11.2. The number of anilines is 1. The van der Waals surface area contributed by atoms with Crippen LogP contribution in [0.2, 0.25) is 5.02 Å². The molecule has 6 nitrogen and oxygen atoms in total. The summed E-state index contributed by atoms with van der Waals surface area (Å²) in [6.07, 6.45) is 2.30. The van der Waals surface area contributed by atoms with Crippen molar-refractivity contribution in [1.29, 1.82) is 0 Å². The number of nitrogens with two attached hydrogens (primary N) is 1. The molecule has 2 N–H and O–H groups in total. The molecule has 0 aliphatic carbocycles. The van der Waals surface area contributed by atoms with Crippen LogP contribution in [-0.4, -0.2) is 29.5 Å². The van der Waals surface area contributed by atoms with Crippen LogP contribution in [0.1, 0.15) is 27.2 Å². The summed E-state index contributed by atoms with van der Waals surface area (Å²) in [5.74, 6) is 0.350. The lowest BCUT2D eigenvalue weighted by molar-refractivity contribution is -0.384. The van der Waals surface area contributed by atoms with Gasteiger partial charge in [0.05, 0.1) is 9.95 Å². The van der Waals surface area contributed by atoms with E-state index < -0.39 is 4.92 Å². The Balaban J connectivity index is 3.17. The SMILES string of the molecule is CCCN(CC(C)(C)CN)c1ncc(Cl)cc1[N+](=O)[O-]. The highest BCUT2D eigenvalue weighted by Gasteiger charge is 2.26. The summed E-state index contributed by atoms with van der Waals surface area (Å²) < 4.78 is 0. The molecule has 1 heterocycles. The highest BCUT2D eigenvalue weighted by molar-refractivity contribution is 6.30. The summed E-state index contributed by atoms with van der Waals surface area (Å²) in [5.41, 5.74) is 5.53. The molecule has 0 aromatic carbocycles. The van der Waals surface area contributed by atoms with E-state index in [2.05, 4.69) is 4.98 Å². The number of aromatic nitrogens is 1. The second-order valence-electron chi connectivity index (χ2n) is 5.54. The molecule has 0 unspecified atom stereocenters. The molecule has 7 heteroatoms. The topological polar surface area (TPSA) is 85.3 Å². The third-order valence-electron chi connectivity index (χ3n) is 2.98. The minimum absolute atomic E-state index is 0.0706. The lowest BCUT2D eigenvalue weighted by Gasteiger charge is -2.32. The molecule has 0 saturated carbocycles. The van der Waals surface area contributed by atoms with Gasteiger partial charge in [-0.25, -0.2) is 4.98 Å². The molecule has 1 aromatic heterocycles. The molecular formula is C13H21ClN4O2. The zero-order valence-electron chi connectivity index (χ0n) is 12.1. The van der Waals surface area contributed by atoms with Crippen molar-refractivity contribution in [2.24, 2.45) is 11.1 Å². The Morgan fingerprint density at radius 1 is 1.55 bits per heavy atom. The van der Waals surface area contributed by atoms with Crippen molar-refractivity contribution in [2.45, 2.75) is 27.2 Å². The van der Waals surface area contributed by atoms with Gasteiger partial charge in [-0.1, -0.05) is 32.4 Å². The molecule has 112 valence electrons. The molecule has 0 amide bonds. The van der Waals surface area contributed by atoms with Gasteiger partial charge in [0, 0.05) is 25.4 Å². The third-order valence-corrected chi connectivity index (χ3v) is 3.18. The predicted octanol–water partition coefficient (Wildman–Crippen LogP) is 2.84. The number of nitrogens with zero attached hydrogens (tertiary/aromatic N) is 3. The number of hydrogen-bond donors (Lipinski definition) is 1. The quantitative estimate of drug-likeness (QED) is 0.618. The van der Waals surface area contributed by atoms with Crippen LogP contribution in [0.3, 0.4) is 0 Å². The van der Waals surface area contributed by atoms with Crippen LogP contribution in [-0.2, 0) is 0 Å². The molecule has 0 radical (unpaired) electrons. The van der Waals surface area contributed by atoms with Gasteiger partial charge in [-0.3, -0.25) is 10.1 Å². The van der Waals surface area contributed by atoms with Gasteiger partial charge in [0.15, 0.2) is 0 Å². The first-order chi connectivity index (χ1) is 9.30. The van der Waals surface area contributed by atoms with Crippen molar-refractivity contribution in [1.82, 2.24) is 4.98 Å². The normalized spacial score (nSPS) is 11.4. The van der Waals surface area contributed by atoms with Gasteiger partial charge in [-0.05, 0) is 18.4 Å². The Morgan fingerprint density at radius 2 is 2.20 bits per heavy atom. The molecule has 0 spiro atoms. The van der Waals surface area contributed by atoms with Gasteiger partial charge in [0.1, 0.15) is 0 Å². The van der Waals surface area contributed by atoms with E-state index in [-0.39, 0.29) is 16.1 Å². The summed E-state index contributed by atoms with van der Waals surface area (Å²) >= 11 is 5.80. The zero-order valence-corrected chi connectivity index (χ0v) is 12.9. The van der Waals surface area contributed by atoms with Crippen LogP contribution in [0.5, 0.6) is 0 Å². The standard InChI is InChI=1S/C13H21ClN4O2/c1-4-5-17(9-13(2,3)8-15)12-11(18(19)20)6-10(14)7-16-12/h6-7H,4-5,8-9,15H2,1-3H3. The molecule has 0 atom stereocenters. The molecule has 0 bridgehead atoms. The fraction of sp³-hybridized carbons (Fsp3) is 0.615. The second-order valence-corrected chi connectivity index (χ2v) is 5.98. The number of rotatable bonds is 7. The van der Waals surface area contributed by atoms with Gasteiger partial charge in [-0.2, -0.15) is 0 Å². The highest BCUT2D eigenvalue weighted by atomic mass is 35.5. The summed E-state index contributed by atoms with van der Waals surface area (Å²) in [6, 6.07) is 1.34. The first-order valence-electron chi connectivity index (χ1n) is 6.55. The third kappa shape index (κ3) is 4.31. The van der Waals surface area contributed by atoms with E-state index in [9.17, 15) is 10.1 Å². The number of halogens is 1. The predicted molar refractivity (Wildman–Crippen MR) is 81.2 cm³/mol. The lowest BCUT2D eigenvalue weighted by Crippen LogP contribution is -2.40. The number of pyridine rings is 1. The average Bonchev–Trinajstić information content (AvgIpc) is 2.38. The highest BCUT2D eigenvalue weighted by Crippen LogP contribution is 2.30. The van der Waals surface area contributed by atoms with Gasteiger partial charge < -0.3 is 10.6 Å². The van der Waals surface area contributed by atoms with E-state index >= 15 is 0 Å².